The monoisotopic (exact) mass is 846 g/mol. The summed E-state index contributed by atoms with van der Waals surface area (Å²) in [7, 11) is 0. The second-order valence-corrected chi connectivity index (χ2v) is 19.0. The Morgan fingerprint density at radius 1 is 0.299 bits per heavy atom. The fraction of sp³-hybridized carbons (Fsp3) is 0.0462. The summed E-state index contributed by atoms with van der Waals surface area (Å²) in [6.07, 6.45) is 0. The van der Waals surface area contributed by atoms with Crippen molar-refractivity contribution in [2.24, 2.45) is 0 Å². The summed E-state index contributed by atoms with van der Waals surface area (Å²) < 4.78 is 0. The van der Waals surface area contributed by atoms with Crippen molar-refractivity contribution in [1.29, 1.82) is 0 Å². The normalized spacial score (nSPS) is 15.9. The lowest BCUT2D eigenvalue weighted by atomic mass is 9.51. The highest BCUT2D eigenvalue weighted by atomic mass is 14.9. The third-order valence-electron chi connectivity index (χ3n) is 16.1. The predicted molar refractivity (Wildman–Crippen MR) is 270 cm³/mol. The number of hydrogen-bond acceptors (Lipinski definition) is 2. The molecule has 0 radical (unpaired) electrons. The summed E-state index contributed by atoms with van der Waals surface area (Å²) >= 11 is 0. The summed E-state index contributed by atoms with van der Waals surface area (Å²) in [5, 5.41) is 2.37. The molecule has 1 aromatic heterocycles. The Bertz CT molecular complexity index is 3910. The SMILES string of the molecule is c1ccc(-c2cc(-c3cccc4c3C3(c5ccccc5C5(c6ccccc6-c6ccccc65)c5ccccc53)c3c-4ccc4c3C3c5cccc-4c53)nc(-c3ccc4ccccc4c3)n2)cc1. The molecule has 0 fully saturated rings. The number of nitrogens with zero attached hydrogens (tertiary/aromatic N) is 2. The molecule has 0 saturated carbocycles. The lowest BCUT2D eigenvalue weighted by Gasteiger charge is -2.49. The van der Waals surface area contributed by atoms with Gasteiger partial charge in [0.15, 0.2) is 5.82 Å². The molecule has 10 aromatic carbocycles. The average Bonchev–Trinajstić information content (AvgIpc) is 3.77. The zero-order valence-electron chi connectivity index (χ0n) is 36.3. The van der Waals surface area contributed by atoms with Crippen LogP contribution in [0.3, 0.4) is 0 Å². The van der Waals surface area contributed by atoms with Gasteiger partial charge >= 0.3 is 0 Å². The summed E-state index contributed by atoms with van der Waals surface area (Å²) in [6, 6.07) is 84.1. The molecule has 308 valence electrons. The topological polar surface area (TPSA) is 25.8 Å². The predicted octanol–water partition coefficient (Wildman–Crippen LogP) is 15.1. The Hall–Kier alpha value is -8.46. The molecule has 11 aromatic rings. The van der Waals surface area contributed by atoms with E-state index in [-0.39, 0.29) is 5.92 Å². The van der Waals surface area contributed by atoms with E-state index >= 15 is 0 Å². The van der Waals surface area contributed by atoms with Crippen molar-refractivity contribution in [1.82, 2.24) is 9.97 Å². The van der Waals surface area contributed by atoms with Crippen molar-refractivity contribution in [3.8, 4) is 67.3 Å². The largest absolute Gasteiger partial charge is 0.228 e. The van der Waals surface area contributed by atoms with Crippen LogP contribution in [0.15, 0.2) is 224 Å². The van der Waals surface area contributed by atoms with E-state index in [1.807, 2.05) is 0 Å². The van der Waals surface area contributed by atoms with Gasteiger partial charge in [0, 0.05) is 22.6 Å². The van der Waals surface area contributed by atoms with Crippen LogP contribution in [0.1, 0.15) is 67.1 Å². The first-order valence-electron chi connectivity index (χ1n) is 23.5. The first-order chi connectivity index (χ1) is 33.2. The van der Waals surface area contributed by atoms with Crippen molar-refractivity contribution in [2.75, 3.05) is 0 Å². The third-order valence-corrected chi connectivity index (χ3v) is 16.1. The maximum absolute atomic E-state index is 5.67. The zero-order chi connectivity index (χ0) is 43.6. The van der Waals surface area contributed by atoms with Crippen LogP contribution in [0.25, 0.3) is 78.1 Å². The van der Waals surface area contributed by atoms with Gasteiger partial charge in [-0.1, -0.05) is 212 Å². The second kappa shape index (κ2) is 12.7. The van der Waals surface area contributed by atoms with Gasteiger partial charge in [0.25, 0.3) is 0 Å². The summed E-state index contributed by atoms with van der Waals surface area (Å²) in [4.78, 5) is 11.0. The quantitative estimate of drug-likeness (QED) is 0.177. The van der Waals surface area contributed by atoms with Crippen LogP contribution < -0.4 is 0 Å². The molecule has 0 N–H and O–H groups in total. The Balaban J connectivity index is 1.06. The van der Waals surface area contributed by atoms with Crippen molar-refractivity contribution in [3.05, 3.63) is 286 Å². The maximum Gasteiger partial charge on any atom is 0.160 e. The van der Waals surface area contributed by atoms with E-state index in [1.165, 1.54) is 105 Å². The van der Waals surface area contributed by atoms with Gasteiger partial charge in [0.05, 0.1) is 22.2 Å². The molecular weight excluding hydrogens is 809 g/mol. The van der Waals surface area contributed by atoms with E-state index in [0.717, 1.165) is 28.1 Å². The molecule has 5 aliphatic carbocycles. The van der Waals surface area contributed by atoms with Gasteiger partial charge in [-0.3, -0.25) is 0 Å². The first-order valence-corrected chi connectivity index (χ1v) is 23.5. The van der Waals surface area contributed by atoms with Gasteiger partial charge < -0.3 is 0 Å². The van der Waals surface area contributed by atoms with Gasteiger partial charge in [-0.05, 0) is 117 Å². The Labute approximate surface area is 388 Å². The molecule has 0 aliphatic heterocycles. The Kier molecular flexibility index (Phi) is 6.77. The molecular formula is C65H38N2. The molecule has 0 amide bonds. The fourth-order valence-corrected chi connectivity index (χ4v) is 13.6. The lowest BCUT2D eigenvalue weighted by molar-refractivity contribution is 0.630. The molecule has 1 unspecified atom stereocenters. The number of hydrogen-bond donors (Lipinski definition) is 0. The van der Waals surface area contributed by atoms with Crippen LogP contribution in [0.2, 0.25) is 0 Å². The van der Waals surface area contributed by atoms with Crippen LogP contribution in [-0.2, 0) is 10.8 Å². The maximum atomic E-state index is 5.67. The molecule has 2 heteroatoms. The highest BCUT2D eigenvalue weighted by molar-refractivity contribution is 6.02. The molecule has 0 saturated heterocycles. The second-order valence-electron chi connectivity index (χ2n) is 19.0. The van der Waals surface area contributed by atoms with Crippen molar-refractivity contribution in [2.45, 2.75) is 16.7 Å². The highest BCUT2D eigenvalue weighted by Crippen LogP contribution is 2.72. The molecule has 1 atom stereocenters. The average molecular weight is 847 g/mol. The molecule has 2 spiro atoms. The van der Waals surface area contributed by atoms with Crippen LogP contribution >= 0.6 is 0 Å². The third kappa shape index (κ3) is 4.33. The van der Waals surface area contributed by atoms with Crippen LogP contribution in [0.4, 0.5) is 0 Å². The van der Waals surface area contributed by atoms with Gasteiger partial charge in [0.1, 0.15) is 0 Å². The van der Waals surface area contributed by atoms with E-state index in [4.69, 9.17) is 9.97 Å². The van der Waals surface area contributed by atoms with Gasteiger partial charge in [-0.15, -0.1) is 0 Å². The van der Waals surface area contributed by atoms with Crippen molar-refractivity contribution < 1.29 is 0 Å². The van der Waals surface area contributed by atoms with E-state index in [2.05, 4.69) is 224 Å². The van der Waals surface area contributed by atoms with Crippen LogP contribution in [0.5, 0.6) is 0 Å². The number of rotatable bonds is 3. The summed E-state index contributed by atoms with van der Waals surface area (Å²) in [6.45, 7) is 0. The standard InChI is InChI=1S/C65H38N2/c1-2-17-39(18-3-1)56-37-57(67-63(66-56)41-33-32-38-16-4-5-19-40(38)36-41)48-24-15-23-46-47-35-34-45-44-22-14-25-49-58(44)59(49)60(45)62(47)65(61(46)48)54-30-12-10-28-52(54)64(53-29-11-13-31-55(53)65)50-26-8-6-20-42(50)43-21-7-9-27-51(43)64/h1-37,59H. The smallest absolute Gasteiger partial charge is 0.160 e. The van der Waals surface area contributed by atoms with Gasteiger partial charge in [-0.25, -0.2) is 9.97 Å². The number of fused-ring (bicyclic) bond motifs is 22. The minimum Gasteiger partial charge on any atom is -0.228 e. The van der Waals surface area contributed by atoms with E-state index in [1.54, 1.807) is 0 Å². The van der Waals surface area contributed by atoms with Gasteiger partial charge in [0.2, 0.25) is 0 Å². The van der Waals surface area contributed by atoms with Crippen LogP contribution in [-0.4, -0.2) is 9.97 Å². The molecule has 16 rings (SSSR count). The molecule has 1 heterocycles. The Morgan fingerprint density at radius 2 is 0.821 bits per heavy atom. The van der Waals surface area contributed by atoms with E-state index in [0.29, 0.717) is 5.82 Å². The van der Waals surface area contributed by atoms with Crippen molar-refractivity contribution in [3.63, 3.8) is 0 Å². The fourth-order valence-electron chi connectivity index (χ4n) is 13.6. The number of benzene rings is 10. The summed E-state index contributed by atoms with van der Waals surface area (Å²) in [5.74, 6) is 1.00. The zero-order valence-corrected chi connectivity index (χ0v) is 36.3. The van der Waals surface area contributed by atoms with Crippen LogP contribution in [0, 0.1) is 0 Å². The molecule has 5 aliphatic rings. The minimum absolute atomic E-state index is 0.288. The van der Waals surface area contributed by atoms with Gasteiger partial charge in [-0.2, -0.15) is 0 Å². The number of aromatic nitrogens is 2. The minimum atomic E-state index is -0.699. The summed E-state index contributed by atoms with van der Waals surface area (Å²) in [5.41, 5.74) is 26.9. The molecule has 0 bridgehead atoms. The lowest BCUT2D eigenvalue weighted by Crippen LogP contribution is -2.44. The first kappa shape index (κ1) is 35.8. The highest BCUT2D eigenvalue weighted by Gasteiger charge is 2.62. The van der Waals surface area contributed by atoms with E-state index < -0.39 is 10.8 Å². The van der Waals surface area contributed by atoms with E-state index in [9.17, 15) is 0 Å². The molecule has 2 nitrogen and oxygen atoms in total. The molecule has 67 heavy (non-hydrogen) atoms. The van der Waals surface area contributed by atoms with Crippen molar-refractivity contribution >= 4 is 10.8 Å². The Morgan fingerprint density at radius 3 is 1.55 bits per heavy atom.